The van der Waals surface area contributed by atoms with E-state index in [4.69, 9.17) is 23.7 Å². The summed E-state index contributed by atoms with van der Waals surface area (Å²) < 4.78 is 30.0. The van der Waals surface area contributed by atoms with Gasteiger partial charge in [0, 0.05) is 25.7 Å². The third-order valence-electron chi connectivity index (χ3n) is 6.53. The summed E-state index contributed by atoms with van der Waals surface area (Å²) in [5.74, 6) is -2.01. The van der Waals surface area contributed by atoms with Gasteiger partial charge in [-0.3, -0.25) is 4.79 Å². The SMILES string of the molecule is C=C(C)C(=O)C1O[C@@H]2OC3(CCC3)O[C@@H]2[C@@H](O)[C@H]1C1COC2(CCC2)O1. The molecule has 0 aromatic carbocycles. The molecule has 144 valence electrons. The van der Waals surface area contributed by atoms with Gasteiger partial charge in [-0.25, -0.2) is 0 Å². The van der Waals surface area contributed by atoms with Crippen LogP contribution in [0.3, 0.4) is 0 Å². The maximum absolute atomic E-state index is 12.8. The van der Waals surface area contributed by atoms with Crippen molar-refractivity contribution >= 4 is 5.78 Å². The highest BCUT2D eigenvalue weighted by Crippen LogP contribution is 2.50. The van der Waals surface area contributed by atoms with Crippen LogP contribution in [0.4, 0.5) is 0 Å². The van der Waals surface area contributed by atoms with Gasteiger partial charge in [-0.2, -0.15) is 0 Å². The van der Waals surface area contributed by atoms with Crippen LogP contribution < -0.4 is 0 Å². The summed E-state index contributed by atoms with van der Waals surface area (Å²) in [6.07, 6.45) is 1.79. The summed E-state index contributed by atoms with van der Waals surface area (Å²) in [5, 5.41) is 11.1. The van der Waals surface area contributed by atoms with Gasteiger partial charge in [0.2, 0.25) is 0 Å². The Balaban J connectivity index is 1.42. The molecule has 1 N–H and O–H groups in total. The van der Waals surface area contributed by atoms with Gasteiger partial charge in [0.25, 0.3) is 0 Å². The van der Waals surface area contributed by atoms with Crippen molar-refractivity contribution in [1.29, 1.82) is 0 Å². The summed E-state index contributed by atoms with van der Waals surface area (Å²) >= 11 is 0. The summed E-state index contributed by atoms with van der Waals surface area (Å²) in [7, 11) is 0. The number of carbonyl (C=O) groups is 1. The van der Waals surface area contributed by atoms with E-state index in [1.807, 2.05) is 0 Å². The lowest BCUT2D eigenvalue weighted by Crippen LogP contribution is -2.59. The highest BCUT2D eigenvalue weighted by molar-refractivity contribution is 5.98. The van der Waals surface area contributed by atoms with Gasteiger partial charge in [0.05, 0.1) is 24.7 Å². The number of hydrogen-bond donors (Lipinski definition) is 1. The second-order valence-corrected chi connectivity index (χ2v) is 8.33. The smallest absolute Gasteiger partial charge is 0.190 e. The molecule has 2 aliphatic carbocycles. The number of Topliss-reactive ketones (excluding diaryl/α,β-unsaturated/α-hetero) is 1. The molecule has 0 radical (unpaired) electrons. The van der Waals surface area contributed by atoms with Gasteiger partial charge >= 0.3 is 0 Å². The fourth-order valence-electron chi connectivity index (χ4n) is 4.67. The topological polar surface area (TPSA) is 83.5 Å². The maximum Gasteiger partial charge on any atom is 0.190 e. The van der Waals surface area contributed by atoms with Crippen LogP contribution in [0, 0.1) is 5.92 Å². The molecule has 2 spiro atoms. The van der Waals surface area contributed by atoms with Crippen LogP contribution in [-0.4, -0.2) is 59.8 Å². The second-order valence-electron chi connectivity index (χ2n) is 8.33. The van der Waals surface area contributed by atoms with E-state index < -0.39 is 48.2 Å². The number of ether oxygens (including phenoxy) is 5. The number of rotatable bonds is 3. The predicted octanol–water partition coefficient (Wildman–Crippen LogP) is 1.42. The van der Waals surface area contributed by atoms with E-state index in [2.05, 4.69) is 6.58 Å². The molecule has 3 heterocycles. The lowest BCUT2D eigenvalue weighted by molar-refractivity contribution is -0.266. The number of carbonyl (C=O) groups excluding carboxylic acids is 1. The molecule has 7 heteroatoms. The van der Waals surface area contributed by atoms with Gasteiger partial charge in [-0.1, -0.05) is 6.58 Å². The molecule has 5 rings (SSSR count). The highest BCUT2D eigenvalue weighted by atomic mass is 16.8. The summed E-state index contributed by atoms with van der Waals surface area (Å²) in [4.78, 5) is 12.8. The van der Waals surface area contributed by atoms with Crippen molar-refractivity contribution in [2.45, 2.75) is 87.7 Å². The van der Waals surface area contributed by atoms with Crippen LogP contribution in [0.25, 0.3) is 0 Å². The Hall–Kier alpha value is -0.830. The van der Waals surface area contributed by atoms with Gasteiger partial charge in [0.1, 0.15) is 12.2 Å². The molecule has 3 saturated heterocycles. The molecule has 5 aliphatic rings. The first-order valence-electron chi connectivity index (χ1n) is 9.63. The Morgan fingerprint density at radius 1 is 1.08 bits per heavy atom. The molecular formula is C19H26O7. The summed E-state index contributed by atoms with van der Waals surface area (Å²) in [6, 6.07) is 0. The molecule has 3 aliphatic heterocycles. The molecule has 0 bridgehead atoms. The molecule has 2 saturated carbocycles. The van der Waals surface area contributed by atoms with Crippen molar-refractivity contribution in [2.75, 3.05) is 6.61 Å². The molecule has 5 fully saturated rings. The highest BCUT2D eigenvalue weighted by Gasteiger charge is 2.62. The predicted molar refractivity (Wildman–Crippen MR) is 87.9 cm³/mol. The van der Waals surface area contributed by atoms with Crippen LogP contribution in [0.1, 0.15) is 45.4 Å². The normalized spacial score (nSPS) is 45.2. The molecule has 26 heavy (non-hydrogen) atoms. The lowest BCUT2D eigenvalue weighted by Gasteiger charge is -2.43. The van der Waals surface area contributed by atoms with E-state index in [1.54, 1.807) is 6.92 Å². The van der Waals surface area contributed by atoms with Crippen LogP contribution in [-0.2, 0) is 28.5 Å². The number of fused-ring (bicyclic) bond motifs is 1. The molecule has 0 aromatic heterocycles. The fraction of sp³-hybridized carbons (Fsp3) is 0.842. The van der Waals surface area contributed by atoms with Crippen molar-refractivity contribution in [3.05, 3.63) is 12.2 Å². The van der Waals surface area contributed by atoms with Crippen LogP contribution in [0.15, 0.2) is 12.2 Å². The van der Waals surface area contributed by atoms with Crippen molar-refractivity contribution in [1.82, 2.24) is 0 Å². The number of hydrogen-bond acceptors (Lipinski definition) is 7. The van der Waals surface area contributed by atoms with Gasteiger partial charge in [0.15, 0.2) is 23.6 Å². The van der Waals surface area contributed by atoms with Crippen molar-refractivity contribution < 1.29 is 33.6 Å². The average molecular weight is 366 g/mol. The first kappa shape index (κ1) is 17.3. The van der Waals surface area contributed by atoms with E-state index in [1.165, 1.54) is 0 Å². The van der Waals surface area contributed by atoms with Crippen LogP contribution in [0.5, 0.6) is 0 Å². The minimum atomic E-state index is -0.925. The Kier molecular flexibility index (Phi) is 3.88. The zero-order valence-electron chi connectivity index (χ0n) is 15.0. The van der Waals surface area contributed by atoms with E-state index in [0.29, 0.717) is 12.2 Å². The van der Waals surface area contributed by atoms with Gasteiger partial charge in [-0.05, 0) is 25.3 Å². The Labute approximate surface area is 152 Å². The first-order chi connectivity index (χ1) is 12.4. The Bertz CT molecular complexity index is 623. The molecule has 6 atom stereocenters. The Morgan fingerprint density at radius 2 is 1.77 bits per heavy atom. The van der Waals surface area contributed by atoms with E-state index in [9.17, 15) is 9.90 Å². The standard InChI is InChI=1S/C19H26O7/c1-10(2)13(20)15-12(11-9-22-18(24-11)5-3-6-18)14(21)16-17(23-15)26-19(25-16)7-4-8-19/h11-12,14-17,21H,1,3-9H2,2H3/t11?,12-,14+,15?,16-,17-/m1/s1. The average Bonchev–Trinajstić information content (AvgIpc) is 3.15. The lowest BCUT2D eigenvalue weighted by atomic mass is 9.81. The van der Waals surface area contributed by atoms with Crippen molar-refractivity contribution in [3.63, 3.8) is 0 Å². The Morgan fingerprint density at radius 3 is 2.31 bits per heavy atom. The summed E-state index contributed by atoms with van der Waals surface area (Å²) in [6.45, 7) is 5.75. The number of aliphatic hydroxyl groups is 1. The molecule has 7 nitrogen and oxygen atoms in total. The van der Waals surface area contributed by atoms with Crippen LogP contribution >= 0.6 is 0 Å². The molecular weight excluding hydrogens is 340 g/mol. The van der Waals surface area contributed by atoms with Crippen molar-refractivity contribution in [2.24, 2.45) is 5.92 Å². The van der Waals surface area contributed by atoms with E-state index >= 15 is 0 Å². The molecule has 0 amide bonds. The minimum Gasteiger partial charge on any atom is -0.390 e. The largest absolute Gasteiger partial charge is 0.390 e. The maximum atomic E-state index is 12.8. The van der Waals surface area contributed by atoms with Gasteiger partial charge < -0.3 is 28.8 Å². The number of aliphatic hydroxyl groups excluding tert-OH is 1. The third kappa shape index (κ3) is 2.45. The third-order valence-corrected chi connectivity index (χ3v) is 6.53. The minimum absolute atomic E-state index is 0.233. The zero-order valence-corrected chi connectivity index (χ0v) is 15.0. The second kappa shape index (κ2) is 5.83. The van der Waals surface area contributed by atoms with E-state index in [0.717, 1.165) is 38.5 Å². The number of ketones is 1. The first-order valence-corrected chi connectivity index (χ1v) is 9.63. The fourth-order valence-corrected chi connectivity index (χ4v) is 4.67. The monoisotopic (exact) mass is 366 g/mol. The molecule has 2 unspecified atom stereocenters. The van der Waals surface area contributed by atoms with Crippen molar-refractivity contribution in [3.8, 4) is 0 Å². The van der Waals surface area contributed by atoms with E-state index in [-0.39, 0.29) is 5.78 Å². The summed E-state index contributed by atoms with van der Waals surface area (Å²) in [5.41, 5.74) is 0.389. The van der Waals surface area contributed by atoms with Crippen LogP contribution in [0.2, 0.25) is 0 Å². The van der Waals surface area contributed by atoms with Gasteiger partial charge in [-0.15, -0.1) is 0 Å². The molecule has 0 aromatic rings. The quantitative estimate of drug-likeness (QED) is 0.757. The zero-order chi connectivity index (χ0) is 18.1.